The van der Waals surface area contributed by atoms with Crippen molar-refractivity contribution < 1.29 is 9.63 Å². The molecule has 2 rings (SSSR count). The lowest BCUT2D eigenvalue weighted by atomic mass is 10.1. The van der Waals surface area contributed by atoms with Crippen LogP contribution in [0.5, 0.6) is 0 Å². The first-order chi connectivity index (χ1) is 8.43. The maximum atomic E-state index is 12.2. The number of rotatable bonds is 1. The fourth-order valence-corrected chi connectivity index (χ4v) is 2.00. The molecule has 1 N–H and O–H groups in total. The fourth-order valence-electron chi connectivity index (χ4n) is 2.00. The van der Waals surface area contributed by atoms with Crippen molar-refractivity contribution in [2.24, 2.45) is 0 Å². The molecular weight excluding hydrogens is 228 g/mol. The van der Waals surface area contributed by atoms with E-state index in [1.807, 2.05) is 31.2 Å². The van der Waals surface area contributed by atoms with Crippen LogP contribution < -0.4 is 4.43 Å². The topological polar surface area (TPSA) is 48.1 Å². The van der Waals surface area contributed by atoms with E-state index < -0.39 is 0 Å². The zero-order valence-electron chi connectivity index (χ0n) is 11.1. The third kappa shape index (κ3) is 1.79. The van der Waals surface area contributed by atoms with E-state index in [4.69, 9.17) is 0 Å². The van der Waals surface area contributed by atoms with E-state index >= 15 is 0 Å². The lowest BCUT2D eigenvalue weighted by molar-refractivity contribution is -0.493. The summed E-state index contributed by atoms with van der Waals surface area (Å²) in [5.41, 5.74) is 4.02. The van der Waals surface area contributed by atoms with Gasteiger partial charge in [-0.2, -0.15) is 4.73 Å². The number of nitrogens with zero attached hydrogens (tertiary/aromatic N) is 2. The molecule has 4 heteroatoms. The van der Waals surface area contributed by atoms with Crippen LogP contribution in [0.15, 0.2) is 24.3 Å². The molecule has 1 aromatic carbocycles. The molecule has 0 amide bonds. The highest BCUT2D eigenvalue weighted by Gasteiger charge is 2.24. The van der Waals surface area contributed by atoms with Gasteiger partial charge in [0.15, 0.2) is 0 Å². The molecule has 18 heavy (non-hydrogen) atoms. The monoisotopic (exact) mass is 245 g/mol. The predicted octanol–water partition coefficient (Wildman–Crippen LogP) is 2.54. The van der Waals surface area contributed by atoms with Crippen LogP contribution >= 0.6 is 0 Å². The van der Waals surface area contributed by atoms with Crippen LogP contribution in [0, 0.1) is 32.6 Å². The van der Waals surface area contributed by atoms with Crippen molar-refractivity contribution in [1.29, 1.82) is 0 Å². The van der Waals surface area contributed by atoms with Crippen LogP contribution in [-0.2, 0) is 0 Å². The summed E-state index contributed by atoms with van der Waals surface area (Å²) in [4.78, 5) is 12.2. The van der Waals surface area contributed by atoms with E-state index in [1.165, 1.54) is 0 Å². The first-order valence-electron chi connectivity index (χ1n) is 5.85. The van der Waals surface area contributed by atoms with E-state index in [-0.39, 0.29) is 0 Å². The minimum Gasteiger partial charge on any atom is -0.428 e. The molecule has 0 bridgehead atoms. The highest BCUT2D eigenvalue weighted by Crippen LogP contribution is 2.20. The van der Waals surface area contributed by atoms with Crippen LogP contribution in [0.25, 0.3) is 11.3 Å². The maximum absolute atomic E-state index is 12.2. The first-order valence-corrected chi connectivity index (χ1v) is 5.85. The van der Waals surface area contributed by atoms with Crippen molar-refractivity contribution in [2.45, 2.75) is 27.7 Å². The summed E-state index contributed by atoms with van der Waals surface area (Å²) >= 11 is 0. The first kappa shape index (κ1) is 12.4. The number of hydrogen-bond acceptors (Lipinski definition) is 2. The summed E-state index contributed by atoms with van der Waals surface area (Å²) in [6, 6.07) is 7.68. The second-order valence-corrected chi connectivity index (χ2v) is 4.58. The van der Waals surface area contributed by atoms with Crippen LogP contribution in [0.1, 0.15) is 22.6 Å². The molecule has 0 saturated heterocycles. The summed E-state index contributed by atoms with van der Waals surface area (Å²) in [5, 5.41) is 9.97. The third-order valence-corrected chi connectivity index (χ3v) is 3.33. The highest BCUT2D eigenvalue weighted by atomic mass is 16.5. The molecule has 0 aliphatic heterocycles. The third-order valence-electron chi connectivity index (χ3n) is 3.33. The minimum absolute atomic E-state index is 0.487. The van der Waals surface area contributed by atoms with Crippen molar-refractivity contribution in [3.8, 4) is 11.3 Å². The van der Waals surface area contributed by atoms with Gasteiger partial charge >= 0.3 is 0 Å². The molecule has 94 valence electrons. The van der Waals surface area contributed by atoms with E-state index in [9.17, 15) is 10.1 Å². The Hall–Kier alpha value is -2.10. The van der Waals surface area contributed by atoms with Crippen LogP contribution in [-0.4, -0.2) is 9.94 Å². The van der Waals surface area contributed by atoms with Crippen LogP contribution in [0.2, 0.25) is 0 Å². The average Bonchev–Trinajstić information content (AvgIpc) is 2.36. The molecule has 0 unspecified atom stereocenters. The quantitative estimate of drug-likeness (QED) is 0.620. The second kappa shape index (κ2) is 4.29. The number of hydrogen-bond donors (Lipinski definition) is 1. The molecule has 0 aliphatic rings. The summed E-state index contributed by atoms with van der Waals surface area (Å²) in [7, 11) is 0. The molecule has 1 aromatic heterocycles. The van der Waals surface area contributed by atoms with Crippen LogP contribution in [0.4, 0.5) is 0 Å². The molecule has 0 atom stereocenters. The SMILES string of the molecule is Cc1ccc(-c2c(C)n(O)c(C)c(C)[n+]2=O)cc1. The Kier molecular flexibility index (Phi) is 2.95. The molecule has 0 saturated carbocycles. The normalized spacial score (nSPS) is 10.7. The van der Waals surface area contributed by atoms with Gasteiger partial charge in [-0.25, -0.2) is 0 Å². The average molecular weight is 245 g/mol. The van der Waals surface area contributed by atoms with Gasteiger partial charge in [0.1, 0.15) is 11.4 Å². The highest BCUT2D eigenvalue weighted by molar-refractivity contribution is 5.59. The Bertz CT molecular complexity index is 655. The zero-order valence-corrected chi connectivity index (χ0v) is 11.1. The second-order valence-electron chi connectivity index (χ2n) is 4.58. The summed E-state index contributed by atoms with van der Waals surface area (Å²) < 4.78 is 1.95. The van der Waals surface area contributed by atoms with Gasteiger partial charge in [0, 0.05) is 11.8 Å². The maximum Gasteiger partial charge on any atom is 0.292 e. The van der Waals surface area contributed by atoms with E-state index in [0.717, 1.165) is 20.3 Å². The van der Waals surface area contributed by atoms with Gasteiger partial charge in [0.05, 0.1) is 9.99 Å². The standard InChI is InChI=1S/C14H17N2O2/c1-9-5-7-13(8-6-9)14-12(4)15(17)10(2)11(3)16(14)18/h5-8,17H,1-4H3/q+1. The Morgan fingerprint density at radius 2 is 1.56 bits per heavy atom. The summed E-state index contributed by atoms with van der Waals surface area (Å²) in [5.74, 6) is 0. The minimum atomic E-state index is 0.487. The van der Waals surface area contributed by atoms with Gasteiger partial charge in [-0.05, 0) is 32.9 Å². The van der Waals surface area contributed by atoms with Gasteiger partial charge < -0.3 is 5.21 Å². The van der Waals surface area contributed by atoms with Gasteiger partial charge in [0.2, 0.25) is 0 Å². The molecule has 0 aliphatic carbocycles. The van der Waals surface area contributed by atoms with Gasteiger partial charge in [-0.3, -0.25) is 0 Å². The summed E-state index contributed by atoms with van der Waals surface area (Å²) in [6.07, 6.45) is 0. The Labute approximate surface area is 106 Å². The zero-order chi connectivity index (χ0) is 13.4. The Morgan fingerprint density at radius 3 is 2.11 bits per heavy atom. The smallest absolute Gasteiger partial charge is 0.292 e. The van der Waals surface area contributed by atoms with Crippen molar-refractivity contribution in [1.82, 2.24) is 4.73 Å². The molecule has 1 heterocycles. The fraction of sp³-hybridized carbons (Fsp3) is 0.286. The van der Waals surface area contributed by atoms with Gasteiger partial charge in [0.25, 0.3) is 11.4 Å². The van der Waals surface area contributed by atoms with Crippen molar-refractivity contribution in [2.75, 3.05) is 0 Å². The summed E-state index contributed by atoms with van der Waals surface area (Å²) in [6.45, 7) is 7.15. The lowest BCUT2D eigenvalue weighted by Gasteiger charge is -2.07. The van der Waals surface area contributed by atoms with Gasteiger partial charge in [-0.15, -0.1) is 0 Å². The Morgan fingerprint density at radius 1 is 1.00 bits per heavy atom. The molecule has 0 radical (unpaired) electrons. The number of benzene rings is 1. The van der Waals surface area contributed by atoms with Crippen molar-refractivity contribution in [3.63, 3.8) is 0 Å². The van der Waals surface area contributed by atoms with Gasteiger partial charge in [-0.1, -0.05) is 17.7 Å². The molecule has 0 fully saturated rings. The Balaban J connectivity index is 2.80. The predicted molar refractivity (Wildman–Crippen MR) is 69.4 cm³/mol. The molecule has 4 nitrogen and oxygen atoms in total. The van der Waals surface area contributed by atoms with E-state index in [0.29, 0.717) is 22.8 Å². The largest absolute Gasteiger partial charge is 0.428 e. The van der Waals surface area contributed by atoms with Crippen molar-refractivity contribution >= 4 is 0 Å². The van der Waals surface area contributed by atoms with E-state index in [1.54, 1.807) is 20.8 Å². The molecule has 2 aromatic rings. The lowest BCUT2D eigenvalue weighted by Crippen LogP contribution is -2.28. The number of aryl methyl sites for hydroxylation is 1. The number of aromatic nitrogens is 2. The van der Waals surface area contributed by atoms with Crippen molar-refractivity contribution in [3.05, 3.63) is 51.8 Å². The molecule has 0 spiro atoms. The molecular formula is C14H17N2O2+. The van der Waals surface area contributed by atoms with E-state index in [2.05, 4.69) is 0 Å². The van der Waals surface area contributed by atoms with Crippen LogP contribution in [0.3, 0.4) is 0 Å².